The molecule has 1 aliphatic heterocycles. The molecule has 0 aliphatic carbocycles. The number of hydrogen-bond acceptors (Lipinski definition) is 6. The second-order valence-electron chi connectivity index (χ2n) is 6.19. The Morgan fingerprint density at radius 2 is 2.35 bits per heavy atom. The van der Waals surface area contributed by atoms with Gasteiger partial charge >= 0.3 is 0 Å². The van der Waals surface area contributed by atoms with Crippen LogP contribution in [0.15, 0.2) is 24.4 Å². The van der Waals surface area contributed by atoms with Crippen LogP contribution in [0.5, 0.6) is 0 Å². The molecule has 1 fully saturated rings. The van der Waals surface area contributed by atoms with Crippen molar-refractivity contribution in [1.29, 1.82) is 0 Å². The van der Waals surface area contributed by atoms with Gasteiger partial charge in [0, 0.05) is 12.7 Å². The molecule has 0 saturated carbocycles. The summed E-state index contributed by atoms with van der Waals surface area (Å²) in [6, 6.07) is 4.50. The smallest absolute Gasteiger partial charge is 0.250 e. The number of hydrazine groups is 1. The molecule has 0 radical (unpaired) electrons. The van der Waals surface area contributed by atoms with Gasteiger partial charge in [-0.1, -0.05) is 25.8 Å². The van der Waals surface area contributed by atoms with Gasteiger partial charge in [-0.25, -0.2) is 15.5 Å². The first-order valence-electron chi connectivity index (χ1n) is 8.76. The zero-order valence-corrected chi connectivity index (χ0v) is 14.8. The average molecular weight is 363 g/mol. The summed E-state index contributed by atoms with van der Waals surface area (Å²) in [4.78, 5) is 40.2. The lowest BCUT2D eigenvalue weighted by atomic mass is 10.00. The van der Waals surface area contributed by atoms with E-state index < -0.39 is 12.0 Å². The lowest BCUT2D eigenvalue weighted by Gasteiger charge is -2.28. The summed E-state index contributed by atoms with van der Waals surface area (Å²) in [5.41, 5.74) is 2.94. The number of unbranched alkanes of at least 4 members (excludes halogenated alkanes) is 1. The monoisotopic (exact) mass is 363 g/mol. The third-order valence-electron chi connectivity index (χ3n) is 4.25. The molecular formula is C17H25N5O4. The number of rotatable bonds is 9. The van der Waals surface area contributed by atoms with E-state index in [1.807, 2.05) is 6.92 Å². The summed E-state index contributed by atoms with van der Waals surface area (Å²) >= 11 is 0. The predicted octanol–water partition coefficient (Wildman–Crippen LogP) is 0.780. The maximum Gasteiger partial charge on any atom is 0.250 e. The fourth-order valence-electron chi connectivity index (χ4n) is 2.90. The molecule has 3 amide bonds. The Balaban J connectivity index is 2.06. The highest BCUT2D eigenvalue weighted by atomic mass is 16.5. The molecule has 0 unspecified atom stereocenters. The van der Waals surface area contributed by atoms with E-state index in [1.165, 1.54) is 5.01 Å². The summed E-state index contributed by atoms with van der Waals surface area (Å²) in [6.07, 6.45) is 4.50. The van der Waals surface area contributed by atoms with Crippen molar-refractivity contribution in [3.05, 3.63) is 24.4 Å². The van der Waals surface area contributed by atoms with Crippen LogP contribution in [0.3, 0.4) is 0 Å². The topological polar surface area (TPSA) is 115 Å². The fourth-order valence-corrected chi connectivity index (χ4v) is 2.90. The molecule has 1 aliphatic rings. The zero-order chi connectivity index (χ0) is 18.9. The largest absolute Gasteiger partial charge is 0.309 e. The van der Waals surface area contributed by atoms with Crippen LogP contribution >= 0.6 is 0 Å². The molecule has 2 atom stereocenters. The van der Waals surface area contributed by atoms with Gasteiger partial charge < -0.3 is 5.32 Å². The number of hydrogen-bond donors (Lipinski definition) is 3. The van der Waals surface area contributed by atoms with E-state index in [2.05, 4.69) is 15.7 Å². The van der Waals surface area contributed by atoms with Gasteiger partial charge in [-0.2, -0.15) is 0 Å². The van der Waals surface area contributed by atoms with Gasteiger partial charge in [0.25, 0.3) is 0 Å². The first-order valence-corrected chi connectivity index (χ1v) is 8.76. The highest BCUT2D eigenvalue weighted by Crippen LogP contribution is 2.19. The molecule has 0 spiro atoms. The van der Waals surface area contributed by atoms with Gasteiger partial charge in [0.1, 0.15) is 11.9 Å². The lowest BCUT2D eigenvalue weighted by Crippen LogP contribution is -2.51. The van der Waals surface area contributed by atoms with Crippen LogP contribution in [0.25, 0.3) is 0 Å². The Morgan fingerprint density at radius 3 is 3.00 bits per heavy atom. The summed E-state index contributed by atoms with van der Waals surface area (Å²) in [5.74, 6) is -0.798. The van der Waals surface area contributed by atoms with Crippen molar-refractivity contribution < 1.29 is 19.6 Å². The minimum Gasteiger partial charge on any atom is -0.309 e. The van der Waals surface area contributed by atoms with Crippen molar-refractivity contribution in [3.63, 3.8) is 0 Å². The van der Waals surface area contributed by atoms with E-state index in [0.29, 0.717) is 30.3 Å². The quantitative estimate of drug-likeness (QED) is 0.339. The molecular weight excluding hydrogens is 338 g/mol. The Bertz CT molecular complexity index is 612. The van der Waals surface area contributed by atoms with Gasteiger partial charge in [-0.15, -0.1) is 0 Å². The Morgan fingerprint density at radius 1 is 1.54 bits per heavy atom. The van der Waals surface area contributed by atoms with Crippen LogP contribution in [-0.2, 0) is 14.4 Å². The van der Waals surface area contributed by atoms with E-state index >= 15 is 0 Å². The van der Waals surface area contributed by atoms with E-state index in [0.717, 1.165) is 12.8 Å². The lowest BCUT2D eigenvalue weighted by molar-refractivity contribution is -0.159. The van der Waals surface area contributed by atoms with Crippen LogP contribution in [0.4, 0.5) is 5.82 Å². The molecule has 142 valence electrons. The molecule has 1 aromatic heterocycles. The molecule has 3 N–H and O–H groups in total. The van der Waals surface area contributed by atoms with Crippen molar-refractivity contribution in [2.45, 2.75) is 38.6 Å². The number of aromatic nitrogens is 1. The summed E-state index contributed by atoms with van der Waals surface area (Å²) in [7, 11) is 0. The molecule has 2 rings (SSSR count). The Labute approximate surface area is 152 Å². The van der Waals surface area contributed by atoms with Gasteiger partial charge in [0.2, 0.25) is 18.2 Å². The molecule has 2 heterocycles. The fraction of sp³-hybridized carbons (Fsp3) is 0.529. The first kappa shape index (κ1) is 19.8. The molecule has 1 aromatic rings. The highest BCUT2D eigenvalue weighted by molar-refractivity contribution is 5.97. The van der Waals surface area contributed by atoms with Gasteiger partial charge in [-0.3, -0.25) is 24.6 Å². The maximum atomic E-state index is 12.9. The van der Waals surface area contributed by atoms with Gasteiger partial charge in [-0.05, 0) is 25.0 Å². The number of amides is 3. The van der Waals surface area contributed by atoms with Crippen LogP contribution in [-0.4, -0.2) is 57.6 Å². The van der Waals surface area contributed by atoms with E-state index in [1.54, 1.807) is 24.4 Å². The zero-order valence-electron chi connectivity index (χ0n) is 14.8. The van der Waals surface area contributed by atoms with Crippen molar-refractivity contribution >= 4 is 24.0 Å². The standard InChI is InChI=1S/C17H25N5O4/c1-2-3-6-13(11-21(26)12-23)17(25)22-14(8-10-19-22)16(24)20-15-7-4-5-9-18-15/h4-5,7,9,12-14,19,26H,2-3,6,8,10-11H2,1H3,(H,18,20,24)/t13-,14+/m1/s1. The molecule has 0 aromatic carbocycles. The third kappa shape index (κ3) is 5.24. The van der Waals surface area contributed by atoms with E-state index in [-0.39, 0.29) is 24.8 Å². The van der Waals surface area contributed by atoms with Crippen molar-refractivity contribution in [1.82, 2.24) is 20.5 Å². The van der Waals surface area contributed by atoms with Crippen molar-refractivity contribution in [2.75, 3.05) is 18.4 Å². The Kier molecular flexibility index (Phi) is 7.49. The molecule has 1 saturated heterocycles. The van der Waals surface area contributed by atoms with Crippen molar-refractivity contribution in [2.24, 2.45) is 5.92 Å². The van der Waals surface area contributed by atoms with Gasteiger partial charge in [0.05, 0.1) is 12.5 Å². The molecule has 0 bridgehead atoms. The molecule has 26 heavy (non-hydrogen) atoms. The second-order valence-corrected chi connectivity index (χ2v) is 6.19. The number of pyridine rings is 1. The van der Waals surface area contributed by atoms with Crippen LogP contribution in [0.1, 0.15) is 32.6 Å². The number of carbonyl (C=O) groups excluding carboxylic acids is 3. The minimum absolute atomic E-state index is 0.102. The summed E-state index contributed by atoms with van der Waals surface area (Å²) < 4.78 is 0. The highest BCUT2D eigenvalue weighted by Gasteiger charge is 2.37. The Hall–Kier alpha value is -2.52. The first-order chi connectivity index (χ1) is 12.6. The summed E-state index contributed by atoms with van der Waals surface area (Å²) in [5, 5.41) is 14.0. The minimum atomic E-state index is -0.669. The number of anilines is 1. The van der Waals surface area contributed by atoms with E-state index in [9.17, 15) is 19.6 Å². The predicted molar refractivity (Wildman–Crippen MR) is 93.7 cm³/mol. The van der Waals surface area contributed by atoms with Crippen LogP contribution in [0.2, 0.25) is 0 Å². The number of hydroxylamine groups is 2. The van der Waals surface area contributed by atoms with Crippen LogP contribution < -0.4 is 10.7 Å². The van der Waals surface area contributed by atoms with E-state index in [4.69, 9.17) is 0 Å². The number of carbonyl (C=O) groups is 3. The third-order valence-corrected chi connectivity index (χ3v) is 4.25. The number of nitrogens with zero attached hydrogens (tertiary/aromatic N) is 3. The normalized spacial score (nSPS) is 17.6. The van der Waals surface area contributed by atoms with Crippen molar-refractivity contribution in [3.8, 4) is 0 Å². The second kappa shape index (κ2) is 9.83. The molecule has 9 heteroatoms. The number of nitrogens with one attached hydrogen (secondary N) is 2. The summed E-state index contributed by atoms with van der Waals surface area (Å²) in [6.45, 7) is 2.38. The SMILES string of the molecule is CCCC[C@H](CN(O)C=O)C(=O)N1NCC[C@H]1C(=O)Nc1ccccn1. The molecule has 9 nitrogen and oxygen atoms in total. The average Bonchev–Trinajstić information content (AvgIpc) is 3.15. The maximum absolute atomic E-state index is 12.9. The van der Waals surface area contributed by atoms with Gasteiger partial charge in [0.15, 0.2) is 0 Å². The van der Waals surface area contributed by atoms with Crippen LogP contribution in [0, 0.1) is 5.92 Å².